The molecule has 3 saturated heterocycles. The van der Waals surface area contributed by atoms with Gasteiger partial charge in [0.1, 0.15) is 15.7 Å². The Labute approximate surface area is 173 Å². The van der Waals surface area contributed by atoms with Gasteiger partial charge >= 0.3 is 0 Å². The predicted molar refractivity (Wildman–Crippen MR) is 114 cm³/mol. The lowest BCUT2D eigenvalue weighted by Crippen LogP contribution is -2.47. The van der Waals surface area contributed by atoms with E-state index in [4.69, 9.17) is 0 Å². The molecule has 8 heteroatoms. The van der Waals surface area contributed by atoms with Crippen LogP contribution < -0.4 is 5.32 Å². The molecule has 7 nitrogen and oxygen atoms in total. The first-order chi connectivity index (χ1) is 14.0. The number of amides is 1. The lowest BCUT2D eigenvalue weighted by Gasteiger charge is -2.39. The van der Waals surface area contributed by atoms with Crippen molar-refractivity contribution in [2.75, 3.05) is 43.0 Å². The highest BCUT2D eigenvalue weighted by Crippen LogP contribution is 2.24. The molecule has 1 aromatic heterocycles. The second kappa shape index (κ2) is 9.00. The monoisotopic (exact) mass is 420 g/mol. The topological polar surface area (TPSA) is 82.6 Å². The number of likely N-dealkylation sites (tertiary alicyclic amines) is 2. The number of aromatic nitrogens is 1. The normalized spacial score (nSPS) is 24.3. The van der Waals surface area contributed by atoms with Gasteiger partial charge in [0.25, 0.3) is 5.91 Å². The van der Waals surface area contributed by atoms with Crippen LogP contribution in [0.1, 0.15) is 55.3 Å². The van der Waals surface area contributed by atoms with Gasteiger partial charge in [-0.15, -0.1) is 0 Å². The van der Waals surface area contributed by atoms with Gasteiger partial charge in [0.15, 0.2) is 0 Å². The molecule has 4 rings (SSSR count). The lowest BCUT2D eigenvalue weighted by molar-refractivity contribution is 0.0724. The number of rotatable bonds is 4. The molecule has 0 bridgehead atoms. The number of carbonyl (C=O) groups excluding carboxylic acids is 1. The number of piperidine rings is 2. The van der Waals surface area contributed by atoms with E-state index in [0.717, 1.165) is 70.5 Å². The summed E-state index contributed by atoms with van der Waals surface area (Å²) >= 11 is 0. The maximum Gasteiger partial charge on any atom is 0.254 e. The molecule has 160 valence electrons. The Hall–Kier alpha value is -1.67. The van der Waals surface area contributed by atoms with Crippen molar-refractivity contribution in [2.45, 2.75) is 57.0 Å². The van der Waals surface area contributed by atoms with Gasteiger partial charge in [-0.2, -0.15) is 0 Å². The first kappa shape index (κ1) is 20.6. The lowest BCUT2D eigenvalue weighted by atomic mass is 10.0. The summed E-state index contributed by atoms with van der Waals surface area (Å²) in [5, 5.41) is 3.51. The summed E-state index contributed by atoms with van der Waals surface area (Å²) in [6, 6.07) is 4.44. The molecule has 29 heavy (non-hydrogen) atoms. The molecule has 0 unspecified atom stereocenters. The molecule has 0 atom stereocenters. The average molecular weight is 421 g/mol. The van der Waals surface area contributed by atoms with Gasteiger partial charge in [0.2, 0.25) is 0 Å². The molecule has 1 aromatic rings. The molecule has 1 N–H and O–H groups in total. The maximum atomic E-state index is 12.7. The number of hydrogen-bond acceptors (Lipinski definition) is 6. The third kappa shape index (κ3) is 5.28. The largest absolute Gasteiger partial charge is 0.367 e. The van der Waals surface area contributed by atoms with E-state index in [-0.39, 0.29) is 5.91 Å². The van der Waals surface area contributed by atoms with E-state index in [2.05, 4.69) is 15.2 Å². The van der Waals surface area contributed by atoms with Crippen LogP contribution in [0.25, 0.3) is 0 Å². The van der Waals surface area contributed by atoms with Crippen molar-refractivity contribution in [2.24, 2.45) is 0 Å². The van der Waals surface area contributed by atoms with Crippen LogP contribution in [0.5, 0.6) is 0 Å². The van der Waals surface area contributed by atoms with Crippen LogP contribution in [0.4, 0.5) is 5.82 Å². The summed E-state index contributed by atoms with van der Waals surface area (Å²) in [5.74, 6) is 1.54. The fourth-order valence-corrected chi connectivity index (χ4v) is 6.25. The zero-order chi connectivity index (χ0) is 20.3. The molecule has 1 amide bonds. The van der Waals surface area contributed by atoms with Crippen LogP contribution in [0.15, 0.2) is 18.3 Å². The number of anilines is 1. The molecule has 3 aliphatic rings. The molecule has 0 aromatic carbocycles. The van der Waals surface area contributed by atoms with Crippen molar-refractivity contribution in [3.8, 4) is 0 Å². The van der Waals surface area contributed by atoms with E-state index >= 15 is 0 Å². The first-order valence-corrected chi connectivity index (χ1v) is 12.8. The van der Waals surface area contributed by atoms with E-state index in [1.165, 1.54) is 6.42 Å². The molecule has 4 heterocycles. The van der Waals surface area contributed by atoms with E-state index < -0.39 is 9.84 Å². The molecule has 3 aliphatic heterocycles. The van der Waals surface area contributed by atoms with Gasteiger partial charge in [0.05, 0.1) is 11.5 Å². The van der Waals surface area contributed by atoms with Crippen molar-refractivity contribution in [1.29, 1.82) is 0 Å². The molecule has 3 fully saturated rings. The SMILES string of the molecule is O=C(c1ccnc(NC2CCN(C3CCS(=O)(=O)CC3)CC2)c1)N1CCCCC1. The van der Waals surface area contributed by atoms with E-state index in [1.807, 2.05) is 17.0 Å². The zero-order valence-electron chi connectivity index (χ0n) is 17.1. The highest BCUT2D eigenvalue weighted by molar-refractivity contribution is 7.91. The summed E-state index contributed by atoms with van der Waals surface area (Å²) in [6.07, 6.45) is 8.66. The Bertz CT molecular complexity index is 801. The number of hydrogen-bond donors (Lipinski definition) is 1. The van der Waals surface area contributed by atoms with Crippen LogP contribution >= 0.6 is 0 Å². The standard InChI is InChI=1S/C21H32N4O3S/c26-21(25-10-2-1-3-11-25)17-4-9-22-20(16-17)23-18-5-12-24(13-6-18)19-7-14-29(27,28)15-8-19/h4,9,16,18-19H,1-3,5-8,10-15H2,(H,22,23). The Kier molecular flexibility index (Phi) is 6.39. The van der Waals surface area contributed by atoms with Gasteiger partial charge in [-0.25, -0.2) is 13.4 Å². The average Bonchev–Trinajstić information content (AvgIpc) is 2.75. The summed E-state index contributed by atoms with van der Waals surface area (Å²) < 4.78 is 23.3. The fourth-order valence-electron chi connectivity index (χ4n) is 4.78. The molecule has 0 aliphatic carbocycles. The number of nitrogens with one attached hydrogen (secondary N) is 1. The maximum absolute atomic E-state index is 12.7. The summed E-state index contributed by atoms with van der Waals surface area (Å²) in [7, 11) is -2.80. The Morgan fingerprint density at radius 3 is 2.38 bits per heavy atom. The number of carbonyl (C=O) groups is 1. The van der Waals surface area contributed by atoms with Crippen LogP contribution in [-0.2, 0) is 9.84 Å². The third-order valence-corrected chi connectivity index (χ3v) is 8.29. The summed E-state index contributed by atoms with van der Waals surface area (Å²) in [6.45, 7) is 3.67. The van der Waals surface area contributed by atoms with Crippen molar-refractivity contribution >= 4 is 21.6 Å². The number of pyridine rings is 1. The van der Waals surface area contributed by atoms with Crippen molar-refractivity contribution in [1.82, 2.24) is 14.8 Å². The quantitative estimate of drug-likeness (QED) is 0.804. The smallest absolute Gasteiger partial charge is 0.254 e. The van der Waals surface area contributed by atoms with Crippen LogP contribution in [0, 0.1) is 0 Å². The van der Waals surface area contributed by atoms with Gasteiger partial charge in [-0.3, -0.25) is 4.79 Å². The fraction of sp³-hybridized carbons (Fsp3) is 0.714. The second-order valence-corrected chi connectivity index (χ2v) is 10.9. The summed E-state index contributed by atoms with van der Waals surface area (Å²) in [5.41, 5.74) is 0.713. The minimum atomic E-state index is -2.80. The Balaban J connectivity index is 1.29. The van der Waals surface area contributed by atoms with E-state index in [1.54, 1.807) is 6.20 Å². The number of nitrogens with zero attached hydrogens (tertiary/aromatic N) is 3. The van der Waals surface area contributed by atoms with Crippen molar-refractivity contribution < 1.29 is 13.2 Å². The zero-order valence-corrected chi connectivity index (χ0v) is 17.9. The minimum absolute atomic E-state index is 0.109. The van der Waals surface area contributed by atoms with Gasteiger partial charge in [0, 0.05) is 50.0 Å². The summed E-state index contributed by atoms with van der Waals surface area (Å²) in [4.78, 5) is 21.6. The highest BCUT2D eigenvalue weighted by atomic mass is 32.2. The van der Waals surface area contributed by atoms with E-state index in [0.29, 0.717) is 29.2 Å². The molecule has 0 radical (unpaired) electrons. The highest BCUT2D eigenvalue weighted by Gasteiger charge is 2.30. The number of sulfone groups is 1. The van der Waals surface area contributed by atoms with Crippen LogP contribution in [0.3, 0.4) is 0 Å². The minimum Gasteiger partial charge on any atom is -0.367 e. The Morgan fingerprint density at radius 1 is 1.00 bits per heavy atom. The van der Waals surface area contributed by atoms with Gasteiger partial charge < -0.3 is 15.1 Å². The van der Waals surface area contributed by atoms with Gasteiger partial charge in [-0.1, -0.05) is 0 Å². The van der Waals surface area contributed by atoms with Crippen LogP contribution in [0.2, 0.25) is 0 Å². The van der Waals surface area contributed by atoms with Crippen molar-refractivity contribution in [3.63, 3.8) is 0 Å². The Morgan fingerprint density at radius 2 is 1.69 bits per heavy atom. The molecule has 0 spiro atoms. The molecular weight excluding hydrogens is 388 g/mol. The van der Waals surface area contributed by atoms with E-state index in [9.17, 15) is 13.2 Å². The van der Waals surface area contributed by atoms with Crippen molar-refractivity contribution in [3.05, 3.63) is 23.9 Å². The molecule has 0 saturated carbocycles. The first-order valence-electron chi connectivity index (χ1n) is 11.0. The van der Waals surface area contributed by atoms with Gasteiger partial charge in [-0.05, 0) is 57.1 Å². The predicted octanol–water partition coefficient (Wildman–Crippen LogP) is 2.16. The third-order valence-electron chi connectivity index (χ3n) is 6.57. The van der Waals surface area contributed by atoms with Crippen LogP contribution in [-0.4, -0.2) is 78.9 Å². The second-order valence-electron chi connectivity index (χ2n) is 8.62. The molecular formula is C21H32N4O3S.